The lowest BCUT2D eigenvalue weighted by atomic mass is 9.83. The van der Waals surface area contributed by atoms with E-state index in [-0.39, 0.29) is 5.54 Å². The van der Waals surface area contributed by atoms with Gasteiger partial charge in [-0.1, -0.05) is 19.3 Å². The van der Waals surface area contributed by atoms with E-state index in [2.05, 4.69) is 22.2 Å². The number of nitrogens with zero attached hydrogens (tertiary/aromatic N) is 2. The van der Waals surface area contributed by atoms with Crippen molar-refractivity contribution in [3.8, 4) is 0 Å². The Kier molecular flexibility index (Phi) is 3.01. The first-order valence-corrected chi connectivity index (χ1v) is 6.95. The number of aromatic nitrogens is 2. The fourth-order valence-corrected chi connectivity index (χ4v) is 2.92. The maximum Gasteiger partial charge on any atom is 0.137 e. The molecular formula is C15H20N4. The minimum absolute atomic E-state index is 0.143. The quantitative estimate of drug-likeness (QED) is 0.809. The molecule has 1 fully saturated rings. The van der Waals surface area contributed by atoms with Gasteiger partial charge >= 0.3 is 0 Å². The van der Waals surface area contributed by atoms with Gasteiger partial charge in [0.05, 0.1) is 5.52 Å². The molecule has 0 atom stereocenters. The summed E-state index contributed by atoms with van der Waals surface area (Å²) in [5.41, 5.74) is 7.70. The molecule has 2 aromatic rings. The largest absolute Gasteiger partial charge is 0.399 e. The monoisotopic (exact) mass is 256 g/mol. The average molecular weight is 256 g/mol. The summed E-state index contributed by atoms with van der Waals surface area (Å²) >= 11 is 0. The zero-order chi connectivity index (χ0) is 13.3. The standard InChI is InChI=1S/C15H20N4/c1-15(7-3-2-4-8-15)19-14-12-9-11(16)5-6-13(12)17-10-18-14/h5-6,9-10H,2-4,7-8,16H2,1H3,(H,17,18,19). The Morgan fingerprint density at radius 2 is 1.95 bits per heavy atom. The van der Waals surface area contributed by atoms with Gasteiger partial charge in [-0.15, -0.1) is 0 Å². The molecule has 1 aromatic heterocycles. The molecule has 19 heavy (non-hydrogen) atoms. The molecular weight excluding hydrogens is 236 g/mol. The van der Waals surface area contributed by atoms with E-state index in [1.165, 1.54) is 32.1 Å². The minimum atomic E-state index is 0.143. The predicted octanol–water partition coefficient (Wildman–Crippen LogP) is 3.35. The van der Waals surface area contributed by atoms with Crippen LogP contribution in [0.25, 0.3) is 10.9 Å². The number of anilines is 2. The van der Waals surface area contributed by atoms with Crippen LogP contribution in [0.5, 0.6) is 0 Å². The van der Waals surface area contributed by atoms with Crippen molar-refractivity contribution in [2.45, 2.75) is 44.6 Å². The maximum absolute atomic E-state index is 5.88. The van der Waals surface area contributed by atoms with Crippen LogP contribution < -0.4 is 11.1 Å². The molecule has 1 heterocycles. The van der Waals surface area contributed by atoms with Crippen LogP contribution in [0.3, 0.4) is 0 Å². The molecule has 0 saturated heterocycles. The van der Waals surface area contributed by atoms with Crippen LogP contribution in [-0.4, -0.2) is 15.5 Å². The van der Waals surface area contributed by atoms with E-state index >= 15 is 0 Å². The summed E-state index contributed by atoms with van der Waals surface area (Å²) in [5, 5.41) is 4.63. The Labute approximate surface area is 113 Å². The fourth-order valence-electron chi connectivity index (χ4n) is 2.92. The normalized spacial score (nSPS) is 18.4. The molecule has 100 valence electrons. The average Bonchev–Trinajstić information content (AvgIpc) is 2.40. The molecule has 0 unspecified atom stereocenters. The lowest BCUT2D eigenvalue weighted by Crippen LogP contribution is -2.37. The molecule has 0 aliphatic heterocycles. The summed E-state index contributed by atoms with van der Waals surface area (Å²) in [5.74, 6) is 0.904. The molecule has 4 nitrogen and oxygen atoms in total. The van der Waals surface area contributed by atoms with E-state index in [1.54, 1.807) is 6.33 Å². The van der Waals surface area contributed by atoms with Gasteiger partial charge in [-0.25, -0.2) is 9.97 Å². The van der Waals surface area contributed by atoms with E-state index in [9.17, 15) is 0 Å². The highest BCUT2D eigenvalue weighted by Crippen LogP contribution is 2.32. The number of nitrogen functional groups attached to an aromatic ring is 1. The van der Waals surface area contributed by atoms with Crippen LogP contribution in [0.2, 0.25) is 0 Å². The van der Waals surface area contributed by atoms with Gasteiger partial charge in [0.25, 0.3) is 0 Å². The second kappa shape index (κ2) is 4.68. The van der Waals surface area contributed by atoms with Gasteiger partial charge in [-0.3, -0.25) is 0 Å². The summed E-state index contributed by atoms with van der Waals surface area (Å²) in [7, 11) is 0. The van der Waals surface area contributed by atoms with Crippen molar-refractivity contribution in [3.05, 3.63) is 24.5 Å². The van der Waals surface area contributed by atoms with Crippen molar-refractivity contribution in [1.29, 1.82) is 0 Å². The Balaban J connectivity index is 1.98. The number of hydrogen-bond acceptors (Lipinski definition) is 4. The van der Waals surface area contributed by atoms with Crippen molar-refractivity contribution in [2.24, 2.45) is 0 Å². The first-order chi connectivity index (χ1) is 9.16. The molecule has 1 aromatic carbocycles. The second-order valence-corrected chi connectivity index (χ2v) is 5.75. The molecule has 0 radical (unpaired) electrons. The van der Waals surface area contributed by atoms with E-state index < -0.39 is 0 Å². The van der Waals surface area contributed by atoms with Gasteiger partial charge in [-0.2, -0.15) is 0 Å². The maximum atomic E-state index is 5.88. The number of rotatable bonds is 2. The van der Waals surface area contributed by atoms with Crippen LogP contribution >= 0.6 is 0 Å². The molecule has 0 bridgehead atoms. The SMILES string of the molecule is CC1(Nc2ncnc3ccc(N)cc23)CCCCC1. The molecule has 0 spiro atoms. The lowest BCUT2D eigenvalue weighted by molar-refractivity contribution is 0.349. The van der Waals surface area contributed by atoms with E-state index in [0.29, 0.717) is 0 Å². The van der Waals surface area contributed by atoms with Gasteiger partial charge in [0.2, 0.25) is 0 Å². The van der Waals surface area contributed by atoms with E-state index in [0.717, 1.165) is 22.4 Å². The molecule has 4 heteroatoms. The molecule has 1 aliphatic rings. The highest BCUT2D eigenvalue weighted by Gasteiger charge is 2.27. The Hall–Kier alpha value is -1.84. The van der Waals surface area contributed by atoms with Gasteiger partial charge < -0.3 is 11.1 Å². The fraction of sp³-hybridized carbons (Fsp3) is 0.467. The van der Waals surface area contributed by atoms with Crippen molar-refractivity contribution >= 4 is 22.4 Å². The van der Waals surface area contributed by atoms with E-state index in [1.807, 2.05) is 18.2 Å². The third kappa shape index (κ3) is 2.48. The summed E-state index contributed by atoms with van der Waals surface area (Å²) in [4.78, 5) is 8.70. The van der Waals surface area contributed by atoms with Crippen LogP contribution in [-0.2, 0) is 0 Å². The van der Waals surface area contributed by atoms with Crippen LogP contribution in [0.4, 0.5) is 11.5 Å². The first kappa shape index (κ1) is 12.2. The van der Waals surface area contributed by atoms with Crippen LogP contribution in [0.1, 0.15) is 39.0 Å². The zero-order valence-electron chi connectivity index (χ0n) is 11.3. The topological polar surface area (TPSA) is 63.8 Å². The Morgan fingerprint density at radius 3 is 2.74 bits per heavy atom. The highest BCUT2D eigenvalue weighted by atomic mass is 15.1. The summed E-state index contributed by atoms with van der Waals surface area (Å²) in [6, 6.07) is 5.77. The van der Waals surface area contributed by atoms with Gasteiger partial charge in [0.1, 0.15) is 12.1 Å². The summed E-state index contributed by atoms with van der Waals surface area (Å²) < 4.78 is 0. The number of nitrogens with one attached hydrogen (secondary N) is 1. The van der Waals surface area contributed by atoms with Gasteiger partial charge in [0.15, 0.2) is 0 Å². The smallest absolute Gasteiger partial charge is 0.137 e. The van der Waals surface area contributed by atoms with Crippen molar-refractivity contribution < 1.29 is 0 Å². The number of nitrogens with two attached hydrogens (primary N) is 1. The molecule has 1 saturated carbocycles. The predicted molar refractivity (Wildman–Crippen MR) is 79.1 cm³/mol. The third-order valence-electron chi connectivity index (χ3n) is 4.04. The molecule has 3 N–H and O–H groups in total. The van der Waals surface area contributed by atoms with Gasteiger partial charge in [0, 0.05) is 16.6 Å². The summed E-state index contributed by atoms with van der Waals surface area (Å²) in [6.07, 6.45) is 7.92. The Morgan fingerprint density at radius 1 is 1.16 bits per heavy atom. The third-order valence-corrected chi connectivity index (χ3v) is 4.04. The van der Waals surface area contributed by atoms with Crippen molar-refractivity contribution in [1.82, 2.24) is 9.97 Å². The van der Waals surface area contributed by atoms with Crippen molar-refractivity contribution in [3.63, 3.8) is 0 Å². The first-order valence-electron chi connectivity index (χ1n) is 6.95. The number of hydrogen-bond donors (Lipinski definition) is 2. The zero-order valence-corrected chi connectivity index (χ0v) is 11.3. The minimum Gasteiger partial charge on any atom is -0.399 e. The summed E-state index contributed by atoms with van der Waals surface area (Å²) in [6.45, 7) is 2.28. The van der Waals surface area contributed by atoms with Crippen molar-refractivity contribution in [2.75, 3.05) is 11.1 Å². The Bertz CT molecular complexity index is 588. The lowest BCUT2D eigenvalue weighted by Gasteiger charge is -2.35. The van der Waals surface area contributed by atoms with Crippen LogP contribution in [0.15, 0.2) is 24.5 Å². The molecule has 1 aliphatic carbocycles. The second-order valence-electron chi connectivity index (χ2n) is 5.75. The highest BCUT2D eigenvalue weighted by molar-refractivity contribution is 5.91. The molecule has 0 amide bonds. The van der Waals surface area contributed by atoms with E-state index in [4.69, 9.17) is 5.73 Å². The molecule has 3 rings (SSSR count). The van der Waals surface area contributed by atoms with Crippen LogP contribution in [0, 0.1) is 0 Å². The number of fused-ring (bicyclic) bond motifs is 1. The van der Waals surface area contributed by atoms with Gasteiger partial charge in [-0.05, 0) is 38.0 Å². The number of benzene rings is 1.